The number of nitrogens with one attached hydrogen (secondary N) is 1. The predicted molar refractivity (Wildman–Crippen MR) is 66.4 cm³/mol. The molecule has 0 aliphatic carbocycles. The summed E-state index contributed by atoms with van der Waals surface area (Å²) in [5.41, 5.74) is 7.14. The van der Waals surface area contributed by atoms with Gasteiger partial charge in [-0.05, 0) is 19.9 Å². The molecular weight excluding hydrogens is 234 g/mol. The van der Waals surface area contributed by atoms with E-state index in [4.69, 9.17) is 10.9 Å². The summed E-state index contributed by atoms with van der Waals surface area (Å²) < 4.78 is 0. The molecule has 0 saturated heterocycles. The van der Waals surface area contributed by atoms with Gasteiger partial charge in [0.05, 0.1) is 17.0 Å². The first-order valence-corrected chi connectivity index (χ1v) is 5.52. The molecule has 0 bridgehead atoms. The maximum atomic E-state index is 11.9. The van der Waals surface area contributed by atoms with Gasteiger partial charge >= 0.3 is 0 Å². The molecule has 1 unspecified atom stereocenters. The number of oxime groups is 1. The molecule has 1 aromatic rings. The lowest BCUT2D eigenvalue weighted by molar-refractivity contribution is 0.0949. The van der Waals surface area contributed by atoms with Crippen molar-refractivity contribution in [1.82, 2.24) is 15.5 Å². The van der Waals surface area contributed by atoms with Crippen LogP contribution in [0, 0.1) is 19.8 Å². The van der Waals surface area contributed by atoms with Crippen LogP contribution >= 0.6 is 0 Å². The highest BCUT2D eigenvalue weighted by Gasteiger charge is 2.13. The molecule has 98 valence electrons. The molecule has 1 rings (SSSR count). The molecular formula is C11H17N5O2. The average Bonchev–Trinajstić information content (AvgIpc) is 2.37. The van der Waals surface area contributed by atoms with Crippen LogP contribution in [0.5, 0.6) is 0 Å². The van der Waals surface area contributed by atoms with Crippen LogP contribution < -0.4 is 11.1 Å². The third-order valence-electron chi connectivity index (χ3n) is 2.53. The fourth-order valence-corrected chi connectivity index (χ4v) is 1.32. The second kappa shape index (κ2) is 5.95. The maximum absolute atomic E-state index is 11.9. The molecule has 1 aromatic heterocycles. The van der Waals surface area contributed by atoms with Crippen LogP contribution in [-0.4, -0.2) is 33.7 Å². The topological polar surface area (TPSA) is 113 Å². The number of aryl methyl sites for hydroxylation is 2. The van der Waals surface area contributed by atoms with E-state index in [1.807, 2.05) is 0 Å². The van der Waals surface area contributed by atoms with Crippen molar-refractivity contribution < 1.29 is 10.0 Å². The summed E-state index contributed by atoms with van der Waals surface area (Å²) in [6.07, 6.45) is 0. The largest absolute Gasteiger partial charge is 0.409 e. The minimum absolute atomic E-state index is 0.0797. The van der Waals surface area contributed by atoms with E-state index in [0.717, 1.165) is 0 Å². The van der Waals surface area contributed by atoms with Crippen LogP contribution in [0.15, 0.2) is 11.2 Å². The Balaban J connectivity index is 2.69. The molecule has 7 heteroatoms. The molecule has 1 heterocycles. The zero-order chi connectivity index (χ0) is 13.7. The zero-order valence-electron chi connectivity index (χ0n) is 10.6. The molecule has 1 amide bonds. The summed E-state index contributed by atoms with van der Waals surface area (Å²) >= 11 is 0. The third-order valence-corrected chi connectivity index (χ3v) is 2.53. The lowest BCUT2D eigenvalue weighted by Gasteiger charge is -2.11. The Hall–Kier alpha value is -2.18. The van der Waals surface area contributed by atoms with Gasteiger partial charge in [0.1, 0.15) is 5.84 Å². The Kier molecular flexibility index (Phi) is 4.59. The normalized spacial score (nSPS) is 13.2. The standard InChI is InChI=1S/C11H17N5O2/c1-6(10(12)16-18)5-13-11(17)9-4-7(2)14-15-8(9)3/h4,6,18H,5H2,1-3H3,(H2,12,16)(H,13,17). The highest BCUT2D eigenvalue weighted by atomic mass is 16.4. The average molecular weight is 251 g/mol. The van der Waals surface area contributed by atoms with Gasteiger partial charge in [0.15, 0.2) is 0 Å². The van der Waals surface area contributed by atoms with Gasteiger partial charge in [-0.1, -0.05) is 12.1 Å². The van der Waals surface area contributed by atoms with Crippen molar-refractivity contribution >= 4 is 11.7 Å². The number of aromatic nitrogens is 2. The molecule has 4 N–H and O–H groups in total. The number of amidine groups is 1. The number of carbonyl (C=O) groups is 1. The number of nitrogens with two attached hydrogens (primary N) is 1. The molecule has 7 nitrogen and oxygen atoms in total. The van der Waals surface area contributed by atoms with Crippen LogP contribution in [0.25, 0.3) is 0 Å². The quantitative estimate of drug-likeness (QED) is 0.306. The molecule has 0 aromatic carbocycles. The minimum atomic E-state index is -0.247. The van der Waals surface area contributed by atoms with E-state index in [2.05, 4.69) is 20.7 Å². The van der Waals surface area contributed by atoms with Gasteiger partial charge in [-0.2, -0.15) is 10.2 Å². The second-order valence-electron chi connectivity index (χ2n) is 4.12. The summed E-state index contributed by atoms with van der Waals surface area (Å²) in [5.74, 6) is -0.408. The first-order chi connectivity index (χ1) is 8.45. The number of amides is 1. The van der Waals surface area contributed by atoms with Crippen molar-refractivity contribution in [2.24, 2.45) is 16.8 Å². The van der Waals surface area contributed by atoms with E-state index in [1.54, 1.807) is 26.8 Å². The summed E-state index contributed by atoms with van der Waals surface area (Å²) in [7, 11) is 0. The second-order valence-corrected chi connectivity index (χ2v) is 4.12. The molecule has 0 spiro atoms. The lowest BCUT2D eigenvalue weighted by Crippen LogP contribution is -2.35. The maximum Gasteiger partial charge on any atom is 0.253 e. The molecule has 0 radical (unpaired) electrons. The first kappa shape index (κ1) is 13.9. The van der Waals surface area contributed by atoms with Crippen LogP contribution in [0.3, 0.4) is 0 Å². The summed E-state index contributed by atoms with van der Waals surface area (Å²) in [4.78, 5) is 11.9. The smallest absolute Gasteiger partial charge is 0.253 e. The summed E-state index contributed by atoms with van der Waals surface area (Å²) in [6.45, 7) is 5.52. The number of nitrogens with zero attached hydrogens (tertiary/aromatic N) is 3. The SMILES string of the molecule is Cc1cc(C(=O)NCC(C)/C(N)=N/O)c(C)nn1. The van der Waals surface area contributed by atoms with Crippen molar-refractivity contribution in [2.45, 2.75) is 20.8 Å². The molecule has 1 atom stereocenters. The minimum Gasteiger partial charge on any atom is -0.409 e. The Morgan fingerprint density at radius 2 is 2.22 bits per heavy atom. The monoisotopic (exact) mass is 251 g/mol. The van der Waals surface area contributed by atoms with Crippen LogP contribution in [0.4, 0.5) is 0 Å². The van der Waals surface area contributed by atoms with Crippen molar-refractivity contribution in [2.75, 3.05) is 6.54 Å². The molecule has 18 heavy (non-hydrogen) atoms. The molecule has 0 fully saturated rings. The summed E-state index contributed by atoms with van der Waals surface area (Å²) in [5, 5.41) is 21.8. The Labute approximate surface area is 105 Å². The van der Waals surface area contributed by atoms with Crippen molar-refractivity contribution in [3.05, 3.63) is 23.0 Å². The van der Waals surface area contributed by atoms with Crippen LogP contribution in [0.1, 0.15) is 28.7 Å². The third kappa shape index (κ3) is 3.41. The van der Waals surface area contributed by atoms with E-state index < -0.39 is 0 Å². The van der Waals surface area contributed by atoms with Gasteiger partial charge in [0, 0.05) is 12.5 Å². The van der Waals surface area contributed by atoms with E-state index in [-0.39, 0.29) is 24.2 Å². The molecule has 0 aliphatic rings. The van der Waals surface area contributed by atoms with Gasteiger partial charge in [0.25, 0.3) is 5.91 Å². The van der Waals surface area contributed by atoms with Gasteiger partial charge in [0.2, 0.25) is 0 Å². The number of hydrogen-bond donors (Lipinski definition) is 3. The highest BCUT2D eigenvalue weighted by Crippen LogP contribution is 2.05. The fraction of sp³-hybridized carbons (Fsp3) is 0.455. The number of carbonyl (C=O) groups excluding carboxylic acids is 1. The highest BCUT2D eigenvalue weighted by molar-refractivity contribution is 5.95. The van der Waals surface area contributed by atoms with E-state index in [9.17, 15) is 4.79 Å². The number of hydrogen-bond acceptors (Lipinski definition) is 5. The van der Waals surface area contributed by atoms with Gasteiger partial charge in [-0.25, -0.2) is 0 Å². The van der Waals surface area contributed by atoms with Crippen molar-refractivity contribution in [3.63, 3.8) is 0 Å². The number of rotatable bonds is 4. The van der Waals surface area contributed by atoms with Crippen LogP contribution in [0.2, 0.25) is 0 Å². The Morgan fingerprint density at radius 1 is 1.56 bits per heavy atom. The van der Waals surface area contributed by atoms with E-state index >= 15 is 0 Å². The Bertz CT molecular complexity index is 473. The molecule has 0 aliphatic heterocycles. The Morgan fingerprint density at radius 3 is 2.83 bits per heavy atom. The zero-order valence-corrected chi connectivity index (χ0v) is 10.6. The van der Waals surface area contributed by atoms with Crippen molar-refractivity contribution in [1.29, 1.82) is 0 Å². The predicted octanol–water partition coefficient (Wildman–Crippen LogP) is 0.206. The fourth-order valence-electron chi connectivity index (χ4n) is 1.32. The summed E-state index contributed by atoms with van der Waals surface area (Å²) in [6, 6.07) is 1.67. The van der Waals surface area contributed by atoms with Crippen LogP contribution in [-0.2, 0) is 0 Å². The van der Waals surface area contributed by atoms with E-state index in [1.165, 1.54) is 0 Å². The first-order valence-electron chi connectivity index (χ1n) is 5.52. The van der Waals surface area contributed by atoms with Gasteiger partial charge < -0.3 is 16.3 Å². The molecule has 0 saturated carbocycles. The van der Waals surface area contributed by atoms with E-state index in [0.29, 0.717) is 17.0 Å². The van der Waals surface area contributed by atoms with Gasteiger partial charge in [-0.3, -0.25) is 4.79 Å². The lowest BCUT2D eigenvalue weighted by atomic mass is 10.1. The van der Waals surface area contributed by atoms with Gasteiger partial charge in [-0.15, -0.1) is 0 Å². The van der Waals surface area contributed by atoms with Crippen molar-refractivity contribution in [3.8, 4) is 0 Å².